The molecule has 4 aromatic rings. The number of rotatable bonds is 5. The number of carbonyl (C=O) groups excluding carboxylic acids is 1. The van der Waals surface area contributed by atoms with Crippen LogP contribution in [0.3, 0.4) is 0 Å². The van der Waals surface area contributed by atoms with Gasteiger partial charge in [-0.3, -0.25) is 9.48 Å². The first kappa shape index (κ1) is 21.1. The molecule has 4 aliphatic carbocycles. The van der Waals surface area contributed by atoms with Crippen molar-refractivity contribution in [3.63, 3.8) is 0 Å². The third-order valence-corrected chi connectivity index (χ3v) is 8.73. The molecule has 2 atom stereocenters. The first-order valence-electron chi connectivity index (χ1n) is 12.4. The second-order valence-corrected chi connectivity index (χ2v) is 11.3. The van der Waals surface area contributed by atoms with Gasteiger partial charge in [-0.05, 0) is 78.3 Å². The number of nitrogens with one attached hydrogen (secondary N) is 1. The summed E-state index contributed by atoms with van der Waals surface area (Å²) in [5.74, 6) is 1.78. The summed E-state index contributed by atoms with van der Waals surface area (Å²) in [7, 11) is 0. The molecular weight excluding hydrogens is 460 g/mol. The smallest absolute Gasteiger partial charge is 0.242 e. The van der Waals surface area contributed by atoms with E-state index >= 15 is 0 Å². The molecule has 8 heteroatoms. The highest BCUT2D eigenvalue weighted by Gasteiger charge is 2.61. The van der Waals surface area contributed by atoms with Gasteiger partial charge in [0.05, 0.1) is 17.5 Å². The zero-order valence-electron chi connectivity index (χ0n) is 19.4. The summed E-state index contributed by atoms with van der Waals surface area (Å²) in [6, 6.07) is 16.6. The van der Waals surface area contributed by atoms with E-state index in [1.54, 1.807) is 6.33 Å². The highest BCUT2D eigenvalue weighted by atomic mass is 35.5. The van der Waals surface area contributed by atoms with Gasteiger partial charge in [0.25, 0.3) is 0 Å². The monoisotopic (exact) mass is 486 g/mol. The summed E-state index contributed by atoms with van der Waals surface area (Å²) >= 11 is 6.06. The second kappa shape index (κ2) is 7.65. The third-order valence-electron chi connectivity index (χ3n) is 8.56. The highest BCUT2D eigenvalue weighted by Crippen LogP contribution is 2.64. The van der Waals surface area contributed by atoms with Gasteiger partial charge in [-0.15, -0.1) is 5.10 Å². The maximum Gasteiger partial charge on any atom is 0.242 e. The van der Waals surface area contributed by atoms with Gasteiger partial charge >= 0.3 is 0 Å². The van der Waals surface area contributed by atoms with Crippen LogP contribution in [0.2, 0.25) is 5.28 Å². The summed E-state index contributed by atoms with van der Waals surface area (Å²) in [6.45, 7) is 0.655. The number of nitrogens with zero attached hydrogens (tertiary/aromatic N) is 5. The Hall–Kier alpha value is -3.19. The second-order valence-electron chi connectivity index (χ2n) is 10.9. The number of halogens is 1. The lowest BCUT2D eigenvalue weighted by Crippen LogP contribution is -2.60. The molecule has 178 valence electrons. The average Bonchev–Trinajstić information content (AvgIpc) is 3.48. The molecule has 0 radical (unpaired) electrons. The molecule has 2 aromatic carbocycles. The maximum absolute atomic E-state index is 13.8. The van der Waals surface area contributed by atoms with Crippen LogP contribution in [0.25, 0.3) is 10.8 Å². The molecule has 4 saturated carbocycles. The first-order valence-corrected chi connectivity index (χ1v) is 12.8. The van der Waals surface area contributed by atoms with Gasteiger partial charge in [-0.1, -0.05) is 42.5 Å². The summed E-state index contributed by atoms with van der Waals surface area (Å²) in [5, 5.41) is 15.1. The summed E-state index contributed by atoms with van der Waals surface area (Å²) < 4.78 is 3.85. The van der Waals surface area contributed by atoms with E-state index in [1.807, 2.05) is 21.6 Å². The normalized spacial score (nSPS) is 29.1. The van der Waals surface area contributed by atoms with Crippen molar-refractivity contribution in [3.05, 3.63) is 71.9 Å². The van der Waals surface area contributed by atoms with E-state index in [0.29, 0.717) is 24.2 Å². The van der Waals surface area contributed by atoms with Gasteiger partial charge in [-0.2, -0.15) is 5.10 Å². The van der Waals surface area contributed by atoms with E-state index in [2.05, 4.69) is 57.9 Å². The topological polar surface area (TPSA) is 77.6 Å². The molecule has 0 saturated heterocycles. The summed E-state index contributed by atoms with van der Waals surface area (Å²) in [6.07, 6.45) is 9.67. The number of amides is 1. The quantitative estimate of drug-likeness (QED) is 0.417. The van der Waals surface area contributed by atoms with E-state index in [0.717, 1.165) is 32.1 Å². The molecule has 0 spiro atoms. The highest BCUT2D eigenvalue weighted by molar-refractivity contribution is 6.28. The van der Waals surface area contributed by atoms with Crippen LogP contribution in [0.1, 0.15) is 44.1 Å². The van der Waals surface area contributed by atoms with Crippen LogP contribution >= 0.6 is 11.6 Å². The average molecular weight is 487 g/mol. The molecule has 35 heavy (non-hydrogen) atoms. The van der Waals surface area contributed by atoms with Crippen LogP contribution in [-0.2, 0) is 16.9 Å². The number of carbonyl (C=O) groups is 1. The summed E-state index contributed by atoms with van der Waals surface area (Å²) in [4.78, 5) is 17.9. The Bertz CT molecular complexity index is 1420. The standard InChI is InChI=1S/C27H27ClN6O/c28-25-29-17-34(32-25)27-13-18-10-19(14-27)12-26(11-18,16-27)24(35)30-23-8-9-33(31-23)15-21-6-3-5-20-4-1-2-7-22(20)21/h1-9,17-19H,10-16H2,(H,30,31,35). The number of fused-ring (bicyclic) bond motifs is 1. The van der Waals surface area contributed by atoms with Crippen LogP contribution in [0.4, 0.5) is 5.82 Å². The SMILES string of the molecule is O=C(Nc1ccn(Cc2cccc3ccccc23)n1)C12CC3CC(C1)CC(n1cnc(Cl)n1)(C3)C2. The largest absolute Gasteiger partial charge is 0.309 e. The van der Waals surface area contributed by atoms with E-state index in [1.165, 1.54) is 22.8 Å². The van der Waals surface area contributed by atoms with Gasteiger partial charge in [0, 0.05) is 12.3 Å². The molecule has 4 bridgehead atoms. The number of anilines is 1. The van der Waals surface area contributed by atoms with Crippen molar-refractivity contribution >= 4 is 34.1 Å². The fourth-order valence-corrected chi connectivity index (χ4v) is 7.71. The number of benzene rings is 2. The van der Waals surface area contributed by atoms with Crippen molar-refractivity contribution < 1.29 is 4.79 Å². The van der Waals surface area contributed by atoms with Crippen LogP contribution in [0.15, 0.2) is 61.1 Å². The molecule has 2 unspecified atom stereocenters. The van der Waals surface area contributed by atoms with Crippen molar-refractivity contribution in [2.75, 3.05) is 5.32 Å². The molecular formula is C27H27ClN6O. The minimum absolute atomic E-state index is 0.0950. The molecule has 7 nitrogen and oxygen atoms in total. The molecule has 2 aromatic heterocycles. The molecule has 2 heterocycles. The first-order chi connectivity index (χ1) is 17.0. The lowest BCUT2D eigenvalue weighted by Gasteiger charge is -2.60. The minimum atomic E-state index is -0.387. The Labute approximate surface area is 208 Å². The van der Waals surface area contributed by atoms with E-state index in [9.17, 15) is 4.79 Å². The Morgan fingerprint density at radius 1 is 1.03 bits per heavy atom. The number of aromatic nitrogens is 5. The molecule has 0 aliphatic heterocycles. The van der Waals surface area contributed by atoms with Crippen molar-refractivity contribution in [3.8, 4) is 0 Å². The molecule has 4 fully saturated rings. The molecule has 1 N–H and O–H groups in total. The zero-order valence-corrected chi connectivity index (χ0v) is 20.2. The Morgan fingerprint density at radius 3 is 2.63 bits per heavy atom. The fourth-order valence-electron chi connectivity index (χ4n) is 7.59. The molecule has 1 amide bonds. The van der Waals surface area contributed by atoms with E-state index in [-0.39, 0.29) is 22.1 Å². The Kier molecular flexibility index (Phi) is 4.62. The lowest BCUT2D eigenvalue weighted by molar-refractivity contribution is -0.150. The third kappa shape index (κ3) is 3.47. The summed E-state index contributed by atoms with van der Waals surface area (Å²) in [5.41, 5.74) is 0.663. The van der Waals surface area contributed by atoms with Crippen LogP contribution in [0.5, 0.6) is 0 Å². The fraction of sp³-hybridized carbons (Fsp3) is 0.407. The molecule has 8 rings (SSSR count). The van der Waals surface area contributed by atoms with Crippen LogP contribution in [-0.4, -0.2) is 30.5 Å². The predicted molar refractivity (Wildman–Crippen MR) is 134 cm³/mol. The van der Waals surface area contributed by atoms with Gasteiger partial charge in [0.2, 0.25) is 11.2 Å². The Morgan fingerprint density at radius 2 is 1.83 bits per heavy atom. The molecule has 4 aliphatic rings. The number of hydrogen-bond donors (Lipinski definition) is 1. The van der Waals surface area contributed by atoms with E-state index in [4.69, 9.17) is 16.7 Å². The lowest BCUT2D eigenvalue weighted by atomic mass is 9.46. The number of hydrogen-bond acceptors (Lipinski definition) is 4. The van der Waals surface area contributed by atoms with Crippen molar-refractivity contribution in [1.82, 2.24) is 24.5 Å². The van der Waals surface area contributed by atoms with E-state index < -0.39 is 0 Å². The van der Waals surface area contributed by atoms with Gasteiger partial charge in [-0.25, -0.2) is 9.67 Å². The van der Waals surface area contributed by atoms with Crippen molar-refractivity contribution in [1.29, 1.82) is 0 Å². The van der Waals surface area contributed by atoms with Crippen molar-refractivity contribution in [2.45, 2.75) is 50.6 Å². The van der Waals surface area contributed by atoms with Crippen molar-refractivity contribution in [2.24, 2.45) is 17.3 Å². The predicted octanol–water partition coefficient (Wildman–Crippen LogP) is 5.26. The zero-order chi connectivity index (χ0) is 23.6. The maximum atomic E-state index is 13.8. The van der Waals surface area contributed by atoms with Gasteiger partial charge in [0.1, 0.15) is 6.33 Å². The van der Waals surface area contributed by atoms with Crippen LogP contribution < -0.4 is 5.32 Å². The Balaban J connectivity index is 1.12. The minimum Gasteiger partial charge on any atom is -0.309 e. The van der Waals surface area contributed by atoms with Crippen LogP contribution in [0, 0.1) is 17.3 Å². The van der Waals surface area contributed by atoms with Gasteiger partial charge < -0.3 is 5.32 Å². The van der Waals surface area contributed by atoms with Gasteiger partial charge in [0.15, 0.2) is 5.82 Å².